The van der Waals surface area contributed by atoms with Crippen molar-refractivity contribution in [1.29, 1.82) is 0 Å². The third-order valence-corrected chi connectivity index (χ3v) is 5.73. The monoisotopic (exact) mass is 456 g/mol. The number of nitrogens with zero attached hydrogens (tertiary/aromatic N) is 1. The van der Waals surface area contributed by atoms with Gasteiger partial charge in [-0.25, -0.2) is 0 Å². The molecule has 170 valence electrons. The zero-order valence-corrected chi connectivity index (χ0v) is 19.2. The van der Waals surface area contributed by atoms with Crippen LogP contribution in [0.2, 0.25) is 5.02 Å². The first-order chi connectivity index (χ1) is 15.3. The first kappa shape index (κ1) is 23.6. The molecule has 0 atom stereocenters. The second-order valence-electron chi connectivity index (χ2n) is 8.19. The molecule has 0 aromatic heterocycles. The lowest BCUT2D eigenvalue weighted by Crippen LogP contribution is -2.36. The highest BCUT2D eigenvalue weighted by atomic mass is 35.5. The van der Waals surface area contributed by atoms with Crippen LogP contribution in [0.3, 0.4) is 0 Å². The molecule has 1 saturated carbocycles. The van der Waals surface area contributed by atoms with E-state index in [9.17, 15) is 14.4 Å². The van der Waals surface area contributed by atoms with Crippen molar-refractivity contribution < 1.29 is 14.4 Å². The van der Waals surface area contributed by atoms with Crippen molar-refractivity contribution in [1.82, 2.24) is 10.2 Å². The van der Waals surface area contributed by atoms with Crippen molar-refractivity contribution in [3.8, 4) is 0 Å². The molecule has 0 saturated heterocycles. The van der Waals surface area contributed by atoms with E-state index in [0.29, 0.717) is 27.5 Å². The number of benzene rings is 2. The Labute approximate surface area is 193 Å². The highest BCUT2D eigenvalue weighted by Gasteiger charge is 2.19. The Bertz CT molecular complexity index is 987. The molecule has 2 aromatic carbocycles. The number of anilines is 2. The van der Waals surface area contributed by atoms with E-state index in [0.717, 1.165) is 25.7 Å². The van der Waals surface area contributed by atoms with Crippen molar-refractivity contribution in [2.24, 2.45) is 0 Å². The summed E-state index contributed by atoms with van der Waals surface area (Å²) in [6.45, 7) is 0.00579. The van der Waals surface area contributed by atoms with Crippen molar-refractivity contribution in [3.63, 3.8) is 0 Å². The molecule has 0 spiro atoms. The molecule has 32 heavy (non-hydrogen) atoms. The van der Waals surface area contributed by atoms with E-state index in [1.54, 1.807) is 56.6 Å². The van der Waals surface area contributed by atoms with E-state index in [4.69, 9.17) is 11.6 Å². The fourth-order valence-corrected chi connectivity index (χ4v) is 3.90. The van der Waals surface area contributed by atoms with Gasteiger partial charge in [-0.15, -0.1) is 0 Å². The van der Waals surface area contributed by atoms with Crippen LogP contribution in [0, 0.1) is 0 Å². The summed E-state index contributed by atoms with van der Waals surface area (Å²) >= 11 is 6.23. The SMILES string of the molecule is CN(C)C(=O)c1cccc(NCC(=O)Nc2ccc(Cl)c(C(=O)NC3CCCCC3)c2)c1. The van der Waals surface area contributed by atoms with E-state index in [2.05, 4.69) is 16.0 Å². The van der Waals surface area contributed by atoms with Gasteiger partial charge < -0.3 is 20.9 Å². The lowest BCUT2D eigenvalue weighted by atomic mass is 9.95. The van der Waals surface area contributed by atoms with Crippen LogP contribution in [0.5, 0.6) is 0 Å². The maximum atomic E-state index is 12.7. The average molecular weight is 457 g/mol. The molecule has 0 bridgehead atoms. The summed E-state index contributed by atoms with van der Waals surface area (Å²) in [7, 11) is 3.37. The van der Waals surface area contributed by atoms with Crippen molar-refractivity contribution in [3.05, 3.63) is 58.6 Å². The van der Waals surface area contributed by atoms with Gasteiger partial charge in [0, 0.05) is 37.1 Å². The third kappa shape index (κ3) is 6.47. The summed E-state index contributed by atoms with van der Waals surface area (Å²) in [6, 6.07) is 12.0. The average Bonchev–Trinajstić information content (AvgIpc) is 2.79. The Morgan fingerprint density at radius 2 is 1.75 bits per heavy atom. The number of amides is 3. The fourth-order valence-electron chi connectivity index (χ4n) is 3.70. The predicted octanol–water partition coefficient (Wildman–Crippen LogP) is 4.15. The van der Waals surface area contributed by atoms with E-state index < -0.39 is 0 Å². The smallest absolute Gasteiger partial charge is 0.253 e. The van der Waals surface area contributed by atoms with Gasteiger partial charge in [0.15, 0.2) is 0 Å². The van der Waals surface area contributed by atoms with Gasteiger partial charge in [-0.05, 0) is 49.2 Å². The Hall–Kier alpha value is -3.06. The van der Waals surface area contributed by atoms with Crippen molar-refractivity contribution in [2.45, 2.75) is 38.1 Å². The minimum Gasteiger partial charge on any atom is -0.376 e. The molecule has 7 nitrogen and oxygen atoms in total. The van der Waals surface area contributed by atoms with Crippen LogP contribution in [0.15, 0.2) is 42.5 Å². The van der Waals surface area contributed by atoms with E-state index in [-0.39, 0.29) is 30.3 Å². The molecule has 3 N–H and O–H groups in total. The van der Waals surface area contributed by atoms with Gasteiger partial charge in [0.2, 0.25) is 5.91 Å². The van der Waals surface area contributed by atoms with Gasteiger partial charge in [-0.2, -0.15) is 0 Å². The standard InChI is InChI=1S/C24H29ClN4O3/c1-29(2)24(32)16-7-6-10-18(13-16)26-15-22(30)27-19-11-12-21(25)20(14-19)23(31)28-17-8-4-3-5-9-17/h6-7,10-14,17,26H,3-5,8-9,15H2,1-2H3,(H,27,30)(H,28,31). The van der Waals surface area contributed by atoms with Crippen LogP contribution >= 0.6 is 11.6 Å². The van der Waals surface area contributed by atoms with Crippen LogP contribution in [0.1, 0.15) is 52.8 Å². The minimum atomic E-state index is -0.282. The molecule has 0 heterocycles. The molecule has 1 fully saturated rings. The van der Waals surface area contributed by atoms with E-state index >= 15 is 0 Å². The molecule has 8 heteroatoms. The first-order valence-electron chi connectivity index (χ1n) is 10.8. The minimum absolute atomic E-state index is 0.00579. The van der Waals surface area contributed by atoms with E-state index in [1.165, 1.54) is 11.3 Å². The van der Waals surface area contributed by atoms with Crippen molar-refractivity contribution in [2.75, 3.05) is 31.3 Å². The molecule has 0 radical (unpaired) electrons. The Kier molecular flexibility index (Phi) is 8.11. The zero-order chi connectivity index (χ0) is 23.1. The number of halogens is 1. The Balaban J connectivity index is 1.58. The lowest BCUT2D eigenvalue weighted by Gasteiger charge is -2.23. The third-order valence-electron chi connectivity index (χ3n) is 5.40. The topological polar surface area (TPSA) is 90.5 Å². The first-order valence-corrected chi connectivity index (χ1v) is 11.2. The summed E-state index contributed by atoms with van der Waals surface area (Å²) in [5, 5.41) is 9.18. The summed E-state index contributed by atoms with van der Waals surface area (Å²) in [4.78, 5) is 38.7. The largest absolute Gasteiger partial charge is 0.376 e. The van der Waals surface area contributed by atoms with Gasteiger partial charge in [-0.1, -0.05) is 36.9 Å². The normalized spacial score (nSPS) is 13.8. The number of carbonyl (C=O) groups is 3. The van der Waals surface area contributed by atoms with Crippen LogP contribution in [0.25, 0.3) is 0 Å². The summed E-state index contributed by atoms with van der Waals surface area (Å²) in [6.07, 6.45) is 5.40. The number of hydrogen-bond donors (Lipinski definition) is 3. The van der Waals surface area contributed by atoms with Gasteiger partial charge in [0.05, 0.1) is 17.1 Å². The molecule has 2 aromatic rings. The molecule has 0 aliphatic heterocycles. The summed E-state index contributed by atoms with van der Waals surface area (Å²) in [5.41, 5.74) is 2.03. The fraction of sp³-hybridized carbons (Fsp3) is 0.375. The van der Waals surface area contributed by atoms with Crippen LogP contribution in [0.4, 0.5) is 11.4 Å². The predicted molar refractivity (Wildman–Crippen MR) is 127 cm³/mol. The maximum absolute atomic E-state index is 12.7. The summed E-state index contributed by atoms with van der Waals surface area (Å²) < 4.78 is 0. The van der Waals surface area contributed by atoms with Gasteiger partial charge in [0.25, 0.3) is 11.8 Å². The number of nitrogens with one attached hydrogen (secondary N) is 3. The molecular formula is C24H29ClN4O3. The molecule has 0 unspecified atom stereocenters. The van der Waals surface area contributed by atoms with Crippen LogP contribution < -0.4 is 16.0 Å². The van der Waals surface area contributed by atoms with Gasteiger partial charge in [0.1, 0.15) is 0 Å². The van der Waals surface area contributed by atoms with Gasteiger partial charge in [-0.3, -0.25) is 14.4 Å². The molecule has 3 amide bonds. The number of carbonyl (C=O) groups excluding carboxylic acids is 3. The second kappa shape index (κ2) is 11.0. The van der Waals surface area contributed by atoms with Crippen LogP contribution in [-0.4, -0.2) is 49.3 Å². The molecule has 1 aliphatic carbocycles. The second-order valence-corrected chi connectivity index (χ2v) is 8.59. The molecule has 1 aliphatic rings. The molecular weight excluding hydrogens is 428 g/mol. The molecule has 3 rings (SSSR count). The highest BCUT2D eigenvalue weighted by Crippen LogP contribution is 2.23. The number of rotatable bonds is 7. The van der Waals surface area contributed by atoms with Crippen LogP contribution in [-0.2, 0) is 4.79 Å². The number of hydrogen-bond acceptors (Lipinski definition) is 4. The summed E-state index contributed by atoms with van der Waals surface area (Å²) in [5.74, 6) is -0.618. The zero-order valence-electron chi connectivity index (χ0n) is 18.4. The van der Waals surface area contributed by atoms with Gasteiger partial charge >= 0.3 is 0 Å². The van der Waals surface area contributed by atoms with E-state index in [1.807, 2.05) is 0 Å². The van der Waals surface area contributed by atoms with Crippen molar-refractivity contribution >= 4 is 40.7 Å². The maximum Gasteiger partial charge on any atom is 0.253 e. The highest BCUT2D eigenvalue weighted by molar-refractivity contribution is 6.34. The lowest BCUT2D eigenvalue weighted by molar-refractivity contribution is -0.114. The Morgan fingerprint density at radius 1 is 1.00 bits per heavy atom. The Morgan fingerprint density at radius 3 is 2.47 bits per heavy atom. The quantitative estimate of drug-likeness (QED) is 0.583.